The second-order valence-electron chi connectivity index (χ2n) is 15.8. The maximum Gasteiger partial charge on any atom is 0.159 e. The highest BCUT2D eigenvalue weighted by atomic mass is 16.3. The molecule has 0 N–H and O–H groups in total. The number of nitrogens with zero attached hydrogens (tertiary/aromatic N) is 1. The van der Waals surface area contributed by atoms with Crippen LogP contribution in [0.15, 0.2) is 132 Å². The van der Waals surface area contributed by atoms with E-state index >= 15 is 0 Å². The van der Waals surface area contributed by atoms with Gasteiger partial charge in [-0.25, -0.2) is 0 Å². The van der Waals surface area contributed by atoms with Crippen molar-refractivity contribution in [3.63, 3.8) is 0 Å². The normalized spacial score (nSPS) is 14.1. The highest BCUT2D eigenvalue weighted by molar-refractivity contribution is 6.28. The highest BCUT2D eigenvalue weighted by Gasteiger charge is 2.25. The van der Waals surface area contributed by atoms with E-state index in [1.54, 1.807) is 0 Å². The molecule has 9 aromatic rings. The third-order valence-corrected chi connectivity index (χ3v) is 12.2. The van der Waals surface area contributed by atoms with Crippen molar-refractivity contribution in [2.24, 2.45) is 0 Å². The first-order valence-electron chi connectivity index (χ1n) is 19.6. The summed E-state index contributed by atoms with van der Waals surface area (Å²) in [6.45, 7) is 9.19. The summed E-state index contributed by atoms with van der Waals surface area (Å²) in [6, 6.07) is 47.6. The van der Waals surface area contributed by atoms with Crippen LogP contribution >= 0.6 is 0 Å². The van der Waals surface area contributed by atoms with Gasteiger partial charge in [0.25, 0.3) is 0 Å². The van der Waals surface area contributed by atoms with Gasteiger partial charge in [-0.05, 0) is 118 Å². The molecule has 0 radical (unpaired) electrons. The van der Waals surface area contributed by atoms with Crippen molar-refractivity contribution in [2.75, 3.05) is 4.90 Å². The summed E-state index contributed by atoms with van der Waals surface area (Å²) < 4.78 is 7.08. The molecule has 2 heteroatoms. The van der Waals surface area contributed by atoms with E-state index in [0.717, 1.165) is 44.4 Å². The first-order chi connectivity index (χ1) is 26.0. The number of anilines is 3. The number of hydrogen-bond donors (Lipinski definition) is 0. The van der Waals surface area contributed by atoms with Crippen molar-refractivity contribution in [1.82, 2.24) is 0 Å². The second kappa shape index (κ2) is 12.5. The third-order valence-electron chi connectivity index (χ3n) is 12.2. The van der Waals surface area contributed by atoms with Crippen LogP contribution in [-0.4, -0.2) is 0 Å². The lowest BCUT2D eigenvalue weighted by Crippen LogP contribution is -2.12. The van der Waals surface area contributed by atoms with E-state index in [4.69, 9.17) is 4.42 Å². The Morgan fingerprint density at radius 2 is 1.19 bits per heavy atom. The number of hydrogen-bond acceptors (Lipinski definition) is 2. The Bertz CT molecular complexity index is 2800. The molecule has 1 aliphatic rings. The SMILES string of the molecule is Cc1cc(C(C)C)c2ccc3c(N(c4ccc(C5CCCCC5)cc4)c4cccc5c4oc4c(-c6ccccc6)cccc45)cc(C)c4ccc1c2c43. The molecule has 1 fully saturated rings. The van der Waals surface area contributed by atoms with Crippen molar-refractivity contribution in [3.8, 4) is 11.1 Å². The van der Waals surface area contributed by atoms with Crippen LogP contribution in [0, 0.1) is 13.8 Å². The average Bonchev–Trinajstić information content (AvgIpc) is 3.59. The number of furan rings is 1. The van der Waals surface area contributed by atoms with Gasteiger partial charge in [-0.15, -0.1) is 0 Å². The number of rotatable bonds is 6. The van der Waals surface area contributed by atoms with Crippen LogP contribution in [-0.2, 0) is 0 Å². The molecule has 8 aromatic carbocycles. The molecule has 1 saturated carbocycles. The summed E-state index contributed by atoms with van der Waals surface area (Å²) >= 11 is 0. The van der Waals surface area contributed by atoms with Gasteiger partial charge in [0.05, 0.1) is 11.4 Å². The van der Waals surface area contributed by atoms with Crippen LogP contribution < -0.4 is 4.90 Å². The van der Waals surface area contributed by atoms with E-state index in [9.17, 15) is 0 Å². The second-order valence-corrected chi connectivity index (χ2v) is 15.8. The van der Waals surface area contributed by atoms with Crippen molar-refractivity contribution in [2.45, 2.75) is 71.6 Å². The zero-order valence-electron chi connectivity index (χ0n) is 31.2. The molecule has 0 amide bonds. The molecule has 53 heavy (non-hydrogen) atoms. The van der Waals surface area contributed by atoms with E-state index in [1.165, 1.54) is 92.4 Å². The number of aryl methyl sites for hydroxylation is 2. The Morgan fingerprint density at radius 1 is 0.547 bits per heavy atom. The molecule has 0 unspecified atom stereocenters. The van der Waals surface area contributed by atoms with E-state index in [-0.39, 0.29) is 0 Å². The molecule has 0 bridgehead atoms. The first-order valence-corrected chi connectivity index (χ1v) is 19.6. The Balaban J connectivity index is 1.27. The lowest BCUT2D eigenvalue weighted by atomic mass is 9.84. The average molecular weight is 688 g/mol. The fourth-order valence-corrected chi connectivity index (χ4v) is 9.58. The van der Waals surface area contributed by atoms with Gasteiger partial charge in [0.2, 0.25) is 0 Å². The van der Waals surface area contributed by atoms with Crippen molar-refractivity contribution in [3.05, 3.63) is 150 Å². The van der Waals surface area contributed by atoms with Crippen molar-refractivity contribution >= 4 is 71.3 Å². The summed E-state index contributed by atoms with van der Waals surface area (Å²) in [4.78, 5) is 2.48. The number of para-hydroxylation sites is 2. The molecular weight excluding hydrogens is 643 g/mol. The van der Waals surface area contributed by atoms with Gasteiger partial charge < -0.3 is 9.32 Å². The summed E-state index contributed by atoms with van der Waals surface area (Å²) in [5.41, 5.74) is 13.0. The van der Waals surface area contributed by atoms with Gasteiger partial charge in [-0.2, -0.15) is 0 Å². The minimum Gasteiger partial charge on any atom is -0.453 e. The minimum absolute atomic E-state index is 0.435. The molecule has 1 aromatic heterocycles. The summed E-state index contributed by atoms with van der Waals surface area (Å²) in [5, 5.41) is 10.3. The molecular formula is C51H45NO. The predicted octanol–water partition coefficient (Wildman–Crippen LogP) is 15.4. The van der Waals surface area contributed by atoms with Gasteiger partial charge in [0.1, 0.15) is 5.58 Å². The predicted molar refractivity (Wildman–Crippen MR) is 227 cm³/mol. The van der Waals surface area contributed by atoms with Crippen LogP contribution in [0.5, 0.6) is 0 Å². The van der Waals surface area contributed by atoms with Crippen molar-refractivity contribution in [1.29, 1.82) is 0 Å². The smallest absolute Gasteiger partial charge is 0.159 e. The summed E-state index contributed by atoms with van der Waals surface area (Å²) in [7, 11) is 0. The molecule has 0 spiro atoms. The topological polar surface area (TPSA) is 16.4 Å². The lowest BCUT2D eigenvalue weighted by Gasteiger charge is -2.29. The molecule has 0 saturated heterocycles. The molecule has 0 aliphatic heterocycles. The number of benzene rings is 8. The molecule has 0 atom stereocenters. The van der Waals surface area contributed by atoms with E-state index in [1.807, 2.05) is 0 Å². The van der Waals surface area contributed by atoms with E-state index < -0.39 is 0 Å². The largest absolute Gasteiger partial charge is 0.453 e. The van der Waals surface area contributed by atoms with Gasteiger partial charge in [-0.1, -0.05) is 136 Å². The van der Waals surface area contributed by atoms with E-state index in [0.29, 0.717) is 11.8 Å². The first kappa shape index (κ1) is 32.1. The van der Waals surface area contributed by atoms with Crippen LogP contribution in [0.4, 0.5) is 17.1 Å². The minimum atomic E-state index is 0.435. The standard InChI is InChI=1S/C51H45NO/c1-31(2)45-29-32(3)38-25-26-39-33(4)30-47(44-28-27-41(45)48(38)49(39)44)52(37-23-21-35(22-24-37)34-13-7-5-8-14-34)46-20-12-19-43-42-18-11-17-40(50(42)53-51(43)46)36-15-9-6-10-16-36/h6,9-12,15-31,34H,5,7-8,13-14H2,1-4H3. The van der Waals surface area contributed by atoms with Gasteiger partial charge in [0, 0.05) is 27.4 Å². The number of fused-ring (bicyclic) bond motifs is 3. The molecule has 260 valence electrons. The maximum absolute atomic E-state index is 7.08. The Hall–Kier alpha value is -5.60. The summed E-state index contributed by atoms with van der Waals surface area (Å²) in [6.07, 6.45) is 6.60. The quantitative estimate of drug-likeness (QED) is 0.162. The van der Waals surface area contributed by atoms with Crippen LogP contribution in [0.2, 0.25) is 0 Å². The highest BCUT2D eigenvalue weighted by Crippen LogP contribution is 2.49. The van der Waals surface area contributed by atoms with Gasteiger partial charge in [-0.3, -0.25) is 0 Å². The lowest BCUT2D eigenvalue weighted by molar-refractivity contribution is 0.443. The monoisotopic (exact) mass is 687 g/mol. The van der Waals surface area contributed by atoms with Gasteiger partial charge >= 0.3 is 0 Å². The molecule has 1 heterocycles. The molecule has 10 rings (SSSR count). The maximum atomic E-state index is 7.08. The van der Waals surface area contributed by atoms with Crippen LogP contribution in [0.25, 0.3) is 65.4 Å². The van der Waals surface area contributed by atoms with Crippen LogP contribution in [0.1, 0.15) is 80.0 Å². The fraction of sp³-hybridized carbons (Fsp3) is 0.216. The van der Waals surface area contributed by atoms with Crippen LogP contribution in [0.3, 0.4) is 0 Å². The zero-order valence-corrected chi connectivity index (χ0v) is 31.2. The Labute approximate surface area is 312 Å². The Morgan fingerprint density at radius 3 is 1.92 bits per heavy atom. The Kier molecular flexibility index (Phi) is 7.58. The molecule has 2 nitrogen and oxygen atoms in total. The van der Waals surface area contributed by atoms with Crippen molar-refractivity contribution < 1.29 is 4.42 Å². The van der Waals surface area contributed by atoms with Gasteiger partial charge in [0.15, 0.2) is 5.58 Å². The van der Waals surface area contributed by atoms with E-state index in [2.05, 4.69) is 160 Å². The fourth-order valence-electron chi connectivity index (χ4n) is 9.58. The summed E-state index contributed by atoms with van der Waals surface area (Å²) in [5.74, 6) is 1.08. The third kappa shape index (κ3) is 5.06. The zero-order chi connectivity index (χ0) is 35.8. The molecule has 1 aliphatic carbocycles.